The van der Waals surface area contributed by atoms with Crippen molar-refractivity contribution in [1.82, 2.24) is 0 Å². The molecule has 0 spiro atoms. The summed E-state index contributed by atoms with van der Waals surface area (Å²) in [6.45, 7) is 1.96. The van der Waals surface area contributed by atoms with Crippen LogP contribution in [0.3, 0.4) is 0 Å². The molecular formula is C20H26OS2. The van der Waals surface area contributed by atoms with Gasteiger partial charge in [-0.15, -0.1) is 35.0 Å². The normalized spacial score (nSPS) is 13.6. The number of rotatable bonds is 10. The van der Waals surface area contributed by atoms with Crippen molar-refractivity contribution in [3.63, 3.8) is 0 Å². The molecule has 0 fully saturated rings. The molecule has 2 heterocycles. The maximum Gasteiger partial charge on any atom is 0.0882 e. The van der Waals surface area contributed by atoms with Gasteiger partial charge in [-0.25, -0.2) is 0 Å². The molecule has 2 aromatic rings. The highest BCUT2D eigenvalue weighted by molar-refractivity contribution is 7.20. The Balaban J connectivity index is 1.79. The fourth-order valence-electron chi connectivity index (χ4n) is 2.87. The summed E-state index contributed by atoms with van der Waals surface area (Å²) in [4.78, 5) is 2.48. The van der Waals surface area contributed by atoms with Gasteiger partial charge in [-0.1, -0.05) is 38.2 Å². The number of thiophene rings is 2. The molecule has 0 amide bonds. The molecule has 124 valence electrons. The smallest absolute Gasteiger partial charge is 0.0882 e. The highest BCUT2D eigenvalue weighted by Gasteiger charge is 2.27. The van der Waals surface area contributed by atoms with E-state index < -0.39 is 5.60 Å². The highest BCUT2D eigenvalue weighted by Crippen LogP contribution is 2.40. The summed E-state index contributed by atoms with van der Waals surface area (Å²) in [7, 11) is 0. The van der Waals surface area contributed by atoms with Gasteiger partial charge >= 0.3 is 0 Å². The summed E-state index contributed by atoms with van der Waals surface area (Å²) in [5, 5.41) is 15.1. The molecule has 2 aromatic heterocycles. The van der Waals surface area contributed by atoms with E-state index in [1.54, 1.807) is 22.7 Å². The van der Waals surface area contributed by atoms with E-state index in [1.807, 2.05) is 6.92 Å². The Morgan fingerprint density at radius 3 is 2.48 bits per heavy atom. The van der Waals surface area contributed by atoms with Gasteiger partial charge < -0.3 is 5.11 Å². The third-order valence-corrected chi connectivity index (χ3v) is 6.19. The number of hydrogen-bond donors (Lipinski definition) is 1. The zero-order valence-electron chi connectivity index (χ0n) is 13.9. The van der Waals surface area contributed by atoms with Crippen molar-refractivity contribution >= 4 is 22.7 Å². The lowest BCUT2D eigenvalue weighted by Gasteiger charge is -2.24. The molecule has 2 rings (SSSR count). The summed E-state index contributed by atoms with van der Waals surface area (Å²) < 4.78 is 0. The van der Waals surface area contributed by atoms with Gasteiger partial charge in [-0.2, -0.15) is 0 Å². The molecule has 0 bridgehead atoms. The Kier molecular flexibility index (Phi) is 7.36. The molecule has 0 saturated heterocycles. The fourth-order valence-corrected chi connectivity index (χ4v) is 4.78. The Hall–Kier alpha value is -1.08. The van der Waals surface area contributed by atoms with Crippen LogP contribution in [0.25, 0.3) is 9.75 Å². The molecule has 0 aliphatic heterocycles. The lowest BCUT2D eigenvalue weighted by molar-refractivity contribution is 0.0458. The van der Waals surface area contributed by atoms with Gasteiger partial charge in [-0.3, -0.25) is 0 Å². The van der Waals surface area contributed by atoms with Gasteiger partial charge in [0.1, 0.15) is 0 Å². The van der Waals surface area contributed by atoms with Crippen LogP contribution in [-0.4, -0.2) is 5.11 Å². The quantitative estimate of drug-likeness (QED) is 0.388. The van der Waals surface area contributed by atoms with Crippen LogP contribution >= 0.6 is 22.7 Å². The lowest BCUT2D eigenvalue weighted by Crippen LogP contribution is -2.20. The predicted octanol–water partition coefficient (Wildman–Crippen LogP) is 6.44. The topological polar surface area (TPSA) is 20.2 Å². The second kappa shape index (κ2) is 9.27. The van der Waals surface area contributed by atoms with Crippen molar-refractivity contribution < 1.29 is 5.11 Å². The Labute approximate surface area is 148 Å². The van der Waals surface area contributed by atoms with Gasteiger partial charge in [0, 0.05) is 16.9 Å². The van der Waals surface area contributed by atoms with E-state index in [0.717, 1.165) is 31.2 Å². The fraction of sp³-hybridized carbons (Fsp3) is 0.500. The van der Waals surface area contributed by atoms with E-state index in [-0.39, 0.29) is 0 Å². The number of unbranched alkanes of at least 4 members (excludes halogenated alkanes) is 6. The summed E-state index contributed by atoms with van der Waals surface area (Å²) in [5.41, 5.74) is 0.349. The van der Waals surface area contributed by atoms with Crippen LogP contribution in [0.1, 0.15) is 63.9 Å². The predicted molar refractivity (Wildman–Crippen MR) is 103 cm³/mol. The third-order valence-electron chi connectivity index (χ3n) is 4.23. The molecular weight excluding hydrogens is 320 g/mol. The SMILES string of the molecule is C#CCCCCCCCCC(C)(O)c1ccsc1-c1cccs1. The van der Waals surface area contributed by atoms with E-state index in [1.165, 1.54) is 35.4 Å². The van der Waals surface area contributed by atoms with Crippen molar-refractivity contribution in [2.45, 2.75) is 63.9 Å². The molecule has 0 saturated carbocycles. The summed E-state index contributed by atoms with van der Waals surface area (Å²) in [6, 6.07) is 6.28. The van der Waals surface area contributed by atoms with Crippen LogP contribution in [0.2, 0.25) is 0 Å². The standard InChI is InChI=1S/C20H26OS2/c1-3-4-5-6-7-8-9-10-14-20(2,21)17-13-16-23-19(17)18-12-11-15-22-18/h1,11-13,15-16,21H,4-10,14H2,2H3. The molecule has 3 heteroatoms. The van der Waals surface area contributed by atoms with Crippen LogP contribution in [0.4, 0.5) is 0 Å². The Morgan fingerprint density at radius 1 is 1.04 bits per heavy atom. The van der Waals surface area contributed by atoms with Crippen molar-refractivity contribution in [1.29, 1.82) is 0 Å². The third kappa shape index (κ3) is 5.49. The van der Waals surface area contributed by atoms with Crippen LogP contribution in [0.15, 0.2) is 29.0 Å². The van der Waals surface area contributed by atoms with Crippen molar-refractivity contribution in [2.24, 2.45) is 0 Å². The number of aliphatic hydroxyl groups is 1. The average molecular weight is 347 g/mol. The van der Waals surface area contributed by atoms with Gasteiger partial charge in [0.05, 0.1) is 10.5 Å². The van der Waals surface area contributed by atoms with Crippen molar-refractivity contribution in [2.75, 3.05) is 0 Å². The molecule has 1 N–H and O–H groups in total. The zero-order valence-corrected chi connectivity index (χ0v) is 15.5. The first-order chi connectivity index (χ1) is 11.1. The zero-order chi connectivity index (χ0) is 16.5. The van der Waals surface area contributed by atoms with E-state index in [4.69, 9.17) is 6.42 Å². The lowest BCUT2D eigenvalue weighted by atomic mass is 9.90. The summed E-state index contributed by atoms with van der Waals surface area (Å²) in [6.07, 6.45) is 14.1. The van der Waals surface area contributed by atoms with E-state index in [0.29, 0.717) is 0 Å². The maximum absolute atomic E-state index is 10.9. The first-order valence-corrected chi connectivity index (χ1v) is 10.2. The Morgan fingerprint density at radius 2 is 1.78 bits per heavy atom. The average Bonchev–Trinajstić information content (AvgIpc) is 3.20. The Bertz CT molecular complexity index is 602. The molecule has 0 radical (unpaired) electrons. The second-order valence-corrected chi connectivity index (χ2v) is 8.10. The molecule has 0 aliphatic rings. The van der Waals surface area contributed by atoms with Crippen molar-refractivity contribution in [3.05, 3.63) is 34.5 Å². The van der Waals surface area contributed by atoms with Gasteiger partial charge in [-0.05, 0) is 42.7 Å². The van der Waals surface area contributed by atoms with E-state index >= 15 is 0 Å². The van der Waals surface area contributed by atoms with Gasteiger partial charge in [0.15, 0.2) is 0 Å². The minimum atomic E-state index is -0.733. The largest absolute Gasteiger partial charge is 0.385 e. The highest BCUT2D eigenvalue weighted by atomic mass is 32.1. The molecule has 0 aromatic carbocycles. The maximum atomic E-state index is 10.9. The minimum absolute atomic E-state index is 0.733. The number of hydrogen-bond acceptors (Lipinski definition) is 3. The first-order valence-electron chi connectivity index (χ1n) is 8.43. The monoisotopic (exact) mass is 346 g/mol. The molecule has 23 heavy (non-hydrogen) atoms. The second-order valence-electron chi connectivity index (χ2n) is 6.24. The number of terminal acetylenes is 1. The summed E-state index contributed by atoms with van der Waals surface area (Å²) in [5.74, 6) is 2.69. The van der Waals surface area contributed by atoms with Crippen LogP contribution in [-0.2, 0) is 5.60 Å². The van der Waals surface area contributed by atoms with Gasteiger partial charge in [0.2, 0.25) is 0 Å². The molecule has 1 atom stereocenters. The molecule has 1 unspecified atom stereocenters. The van der Waals surface area contributed by atoms with E-state index in [9.17, 15) is 5.11 Å². The molecule has 0 aliphatic carbocycles. The van der Waals surface area contributed by atoms with Crippen molar-refractivity contribution in [3.8, 4) is 22.1 Å². The molecule has 1 nitrogen and oxygen atoms in total. The minimum Gasteiger partial charge on any atom is -0.385 e. The summed E-state index contributed by atoms with van der Waals surface area (Å²) >= 11 is 3.46. The van der Waals surface area contributed by atoms with Crippen LogP contribution in [0, 0.1) is 12.3 Å². The van der Waals surface area contributed by atoms with Crippen LogP contribution in [0.5, 0.6) is 0 Å². The first kappa shape index (κ1) is 18.3. The van der Waals surface area contributed by atoms with Gasteiger partial charge in [0.25, 0.3) is 0 Å². The van der Waals surface area contributed by atoms with E-state index in [2.05, 4.69) is 34.9 Å². The van der Waals surface area contributed by atoms with Crippen LogP contribution < -0.4 is 0 Å².